The predicted octanol–water partition coefficient (Wildman–Crippen LogP) is 7.51. The van der Waals surface area contributed by atoms with E-state index in [1.54, 1.807) is 0 Å². The van der Waals surface area contributed by atoms with Crippen LogP contribution >= 0.6 is 0 Å². The van der Waals surface area contributed by atoms with Crippen LogP contribution in [0.3, 0.4) is 0 Å². The molecule has 0 spiro atoms. The van der Waals surface area contributed by atoms with Gasteiger partial charge in [0.15, 0.2) is 6.20 Å². The lowest BCUT2D eigenvalue weighted by molar-refractivity contribution is -0.701. The Morgan fingerprint density at radius 1 is 0.892 bits per heavy atom. The van der Waals surface area contributed by atoms with Crippen molar-refractivity contribution in [3.8, 4) is 0 Å². The van der Waals surface area contributed by atoms with Gasteiger partial charge < -0.3 is 9.47 Å². The topological polar surface area (TPSA) is 59.7 Å². The summed E-state index contributed by atoms with van der Waals surface area (Å²) in [7, 11) is 0. The summed E-state index contributed by atoms with van der Waals surface area (Å²) in [4.78, 5) is 25.9. The average molecular weight is 518 g/mol. The molecule has 210 valence electrons. The molecule has 0 N–H and O–H groups in total. The number of hydrogen-bond acceptors (Lipinski definition) is 4. The third-order valence-electron chi connectivity index (χ3n) is 7.51. The zero-order valence-corrected chi connectivity index (χ0v) is 23.9. The van der Waals surface area contributed by atoms with Gasteiger partial charge in [-0.25, -0.2) is 14.3 Å². The Labute approximate surface area is 226 Å². The Balaban J connectivity index is 1.53. The summed E-state index contributed by atoms with van der Waals surface area (Å²) in [6.45, 7) is 6.89. The van der Waals surface area contributed by atoms with Crippen LogP contribution in [-0.4, -0.2) is 35.7 Å². The molecule has 6 heteroatoms. The number of pyridine rings is 1. The van der Waals surface area contributed by atoms with Gasteiger partial charge in [0.05, 0.1) is 12.2 Å². The van der Waals surface area contributed by atoms with E-state index in [0.717, 1.165) is 31.5 Å². The first-order valence-corrected chi connectivity index (χ1v) is 15.1. The molecule has 1 fully saturated rings. The number of nitrogens with zero attached hydrogens (tertiary/aromatic N) is 2. The summed E-state index contributed by atoms with van der Waals surface area (Å²) in [6.07, 6.45) is 22.3. The van der Waals surface area contributed by atoms with Crippen molar-refractivity contribution in [2.24, 2.45) is 0 Å². The maximum Gasteiger partial charge on any atom is 0.417 e. The zero-order chi connectivity index (χ0) is 26.7. The second-order valence-electron chi connectivity index (χ2n) is 10.6. The van der Waals surface area contributed by atoms with Crippen molar-refractivity contribution in [1.82, 2.24) is 4.90 Å². The van der Waals surface area contributed by atoms with E-state index in [4.69, 9.17) is 9.47 Å². The minimum atomic E-state index is -0.595. The number of unbranched alkanes of at least 4 members (excludes halogenated alkanes) is 12. The van der Waals surface area contributed by atoms with Crippen molar-refractivity contribution in [2.45, 2.75) is 149 Å². The smallest absolute Gasteiger partial charge is 0.417 e. The van der Waals surface area contributed by atoms with Crippen LogP contribution in [0.5, 0.6) is 0 Å². The number of hydrogen-bond donors (Lipinski definition) is 0. The molecule has 2 amide bonds. The molecule has 1 aromatic rings. The van der Waals surface area contributed by atoms with Crippen LogP contribution in [0.1, 0.15) is 129 Å². The molecule has 0 aromatic carbocycles. The Hall–Kier alpha value is -1.95. The van der Waals surface area contributed by atoms with Gasteiger partial charge in [0.25, 0.3) is 0 Å². The fourth-order valence-corrected chi connectivity index (χ4v) is 5.18. The first kappa shape index (κ1) is 31.3. The first-order valence-electron chi connectivity index (χ1n) is 15.1. The van der Waals surface area contributed by atoms with Crippen molar-refractivity contribution < 1.29 is 23.6 Å². The lowest BCUT2D eigenvalue weighted by Crippen LogP contribution is -2.43. The highest BCUT2D eigenvalue weighted by Crippen LogP contribution is 2.25. The summed E-state index contributed by atoms with van der Waals surface area (Å²) >= 11 is 0. The molecule has 6 nitrogen and oxygen atoms in total. The maximum atomic E-state index is 12.7. The van der Waals surface area contributed by atoms with E-state index in [9.17, 15) is 9.59 Å². The number of aromatic nitrogens is 1. The molecule has 1 aromatic heterocycles. The molecule has 0 radical (unpaired) electrons. The molecule has 37 heavy (non-hydrogen) atoms. The van der Waals surface area contributed by atoms with Gasteiger partial charge >= 0.3 is 6.09 Å². The number of carbonyl (C=O) groups is 2. The SMILES string of the molecule is CCCCCCCCCCCCCCCC1CCC(COC(=O)N(Cc2cccc[n+]2CC)C(C)=O)O1. The Bertz CT molecular complexity index is 769. The number of amides is 2. The molecular formula is C31H53N2O4+. The van der Waals surface area contributed by atoms with Gasteiger partial charge in [0.2, 0.25) is 11.6 Å². The van der Waals surface area contributed by atoms with E-state index in [1.165, 1.54) is 95.3 Å². The normalized spacial score (nSPS) is 17.2. The van der Waals surface area contributed by atoms with Crippen LogP contribution in [0.25, 0.3) is 0 Å². The van der Waals surface area contributed by atoms with E-state index in [0.29, 0.717) is 0 Å². The van der Waals surface area contributed by atoms with Crippen LogP contribution in [0.15, 0.2) is 24.4 Å². The molecule has 1 aliphatic rings. The van der Waals surface area contributed by atoms with Crippen LogP contribution in [0, 0.1) is 0 Å². The largest absolute Gasteiger partial charge is 0.446 e. The molecular weight excluding hydrogens is 464 g/mol. The summed E-state index contributed by atoms with van der Waals surface area (Å²) < 4.78 is 13.6. The molecule has 2 rings (SSSR count). The number of carbonyl (C=O) groups excluding carboxylic acids is 2. The Morgan fingerprint density at radius 3 is 2.08 bits per heavy atom. The highest BCUT2D eigenvalue weighted by Gasteiger charge is 2.28. The van der Waals surface area contributed by atoms with E-state index >= 15 is 0 Å². The van der Waals surface area contributed by atoms with Crippen LogP contribution in [0.4, 0.5) is 4.79 Å². The van der Waals surface area contributed by atoms with Crippen LogP contribution in [0.2, 0.25) is 0 Å². The number of ether oxygens (including phenoxy) is 2. The van der Waals surface area contributed by atoms with Gasteiger partial charge in [0.1, 0.15) is 19.7 Å². The van der Waals surface area contributed by atoms with Gasteiger partial charge in [-0.15, -0.1) is 0 Å². The van der Waals surface area contributed by atoms with Gasteiger partial charge in [-0.05, 0) is 26.2 Å². The second kappa shape index (κ2) is 19.2. The molecule has 0 aliphatic carbocycles. The summed E-state index contributed by atoms with van der Waals surface area (Å²) in [5.41, 5.74) is 0.895. The minimum absolute atomic E-state index is 0.0676. The van der Waals surface area contributed by atoms with E-state index in [-0.39, 0.29) is 31.3 Å². The quantitative estimate of drug-likeness (QED) is 0.141. The lowest BCUT2D eigenvalue weighted by Gasteiger charge is -2.19. The number of rotatable bonds is 19. The minimum Gasteiger partial charge on any atom is -0.446 e. The molecule has 0 bridgehead atoms. The van der Waals surface area contributed by atoms with Crippen LogP contribution < -0.4 is 4.57 Å². The monoisotopic (exact) mass is 517 g/mol. The highest BCUT2D eigenvalue weighted by atomic mass is 16.6. The fourth-order valence-electron chi connectivity index (χ4n) is 5.18. The van der Waals surface area contributed by atoms with Crippen LogP contribution in [-0.2, 0) is 27.4 Å². The van der Waals surface area contributed by atoms with Gasteiger partial charge in [-0.3, -0.25) is 4.79 Å². The van der Waals surface area contributed by atoms with E-state index in [2.05, 4.69) is 6.92 Å². The van der Waals surface area contributed by atoms with Crippen molar-refractivity contribution in [2.75, 3.05) is 6.61 Å². The second-order valence-corrected chi connectivity index (χ2v) is 10.6. The fraction of sp³-hybridized carbons (Fsp3) is 0.774. The zero-order valence-electron chi connectivity index (χ0n) is 23.9. The standard InChI is InChI=1S/C31H53N2O4/c1-4-6-7-8-9-10-11-12-13-14-15-16-17-21-29-22-23-30(37-29)26-36-31(35)33(27(3)34)25-28-20-18-19-24-32(28)5-2/h18-20,24,29-30H,4-17,21-23,25-26H2,1-3H3/q+1. The van der Waals surface area contributed by atoms with Gasteiger partial charge in [-0.2, -0.15) is 0 Å². The van der Waals surface area contributed by atoms with Gasteiger partial charge in [-0.1, -0.05) is 96.5 Å². The van der Waals surface area contributed by atoms with E-state index in [1.807, 2.05) is 35.9 Å². The third kappa shape index (κ3) is 12.9. The summed E-state index contributed by atoms with van der Waals surface area (Å²) in [5, 5.41) is 0. The summed E-state index contributed by atoms with van der Waals surface area (Å²) in [6, 6.07) is 5.78. The average Bonchev–Trinajstić information content (AvgIpc) is 3.36. The Morgan fingerprint density at radius 2 is 1.49 bits per heavy atom. The molecule has 0 saturated carbocycles. The molecule has 2 unspecified atom stereocenters. The number of imide groups is 1. The molecule has 1 aliphatic heterocycles. The summed E-state index contributed by atoms with van der Waals surface area (Å²) in [5.74, 6) is -0.316. The van der Waals surface area contributed by atoms with Crippen molar-refractivity contribution in [3.05, 3.63) is 30.1 Å². The lowest BCUT2D eigenvalue weighted by atomic mass is 10.0. The molecule has 2 heterocycles. The molecule has 2 atom stereocenters. The molecule has 1 saturated heterocycles. The van der Waals surface area contributed by atoms with Crippen molar-refractivity contribution in [1.29, 1.82) is 0 Å². The van der Waals surface area contributed by atoms with Crippen molar-refractivity contribution >= 4 is 12.0 Å². The van der Waals surface area contributed by atoms with Gasteiger partial charge in [0, 0.05) is 19.1 Å². The van der Waals surface area contributed by atoms with Crippen molar-refractivity contribution in [3.63, 3.8) is 0 Å². The Kier molecular flexibility index (Phi) is 16.2. The number of aryl methyl sites for hydroxylation is 1. The highest BCUT2D eigenvalue weighted by molar-refractivity contribution is 5.90. The predicted molar refractivity (Wildman–Crippen MR) is 148 cm³/mol. The third-order valence-corrected chi connectivity index (χ3v) is 7.51. The van der Waals surface area contributed by atoms with E-state index < -0.39 is 6.09 Å². The first-order chi connectivity index (χ1) is 18.0. The maximum absolute atomic E-state index is 12.7.